The van der Waals surface area contributed by atoms with Crippen LogP contribution in [0.15, 0.2) is 29.4 Å². The van der Waals surface area contributed by atoms with Gasteiger partial charge in [-0.1, -0.05) is 45.1 Å². The van der Waals surface area contributed by atoms with Gasteiger partial charge in [0.2, 0.25) is 0 Å². The molecule has 0 fully saturated rings. The van der Waals surface area contributed by atoms with Crippen LogP contribution in [0, 0.1) is 11.3 Å². The van der Waals surface area contributed by atoms with Crippen molar-refractivity contribution < 1.29 is 18.3 Å². The average molecular weight is 517 g/mol. The summed E-state index contributed by atoms with van der Waals surface area (Å²) >= 11 is 1.26. The predicted molar refractivity (Wildman–Crippen MR) is 136 cm³/mol. The van der Waals surface area contributed by atoms with E-state index in [1.807, 2.05) is 0 Å². The number of sulfone groups is 1. The maximum absolute atomic E-state index is 13.1. The molecule has 10 heteroatoms. The zero-order valence-electron chi connectivity index (χ0n) is 20.5. The quantitative estimate of drug-likeness (QED) is 0.488. The van der Waals surface area contributed by atoms with Gasteiger partial charge in [0, 0.05) is 18.5 Å². The van der Waals surface area contributed by atoms with Crippen molar-refractivity contribution in [1.82, 2.24) is 20.3 Å². The van der Waals surface area contributed by atoms with Crippen LogP contribution in [0.5, 0.6) is 0 Å². The molecule has 1 aliphatic carbocycles. The normalized spacial score (nSPS) is 17.2. The summed E-state index contributed by atoms with van der Waals surface area (Å²) in [5, 5.41) is 12.7. The summed E-state index contributed by atoms with van der Waals surface area (Å²) in [6.07, 6.45) is 4.70. The number of carbonyl (C=O) groups excluding carboxylic acids is 1. The Morgan fingerprint density at radius 2 is 2.06 bits per heavy atom. The molecule has 0 saturated heterocycles. The fourth-order valence-electron chi connectivity index (χ4n) is 4.45. The van der Waals surface area contributed by atoms with Crippen molar-refractivity contribution >= 4 is 37.4 Å². The number of thiazole rings is 1. The minimum atomic E-state index is -3.42. The van der Waals surface area contributed by atoms with Crippen molar-refractivity contribution in [3.63, 3.8) is 0 Å². The summed E-state index contributed by atoms with van der Waals surface area (Å²) in [4.78, 5) is 27.2. The van der Waals surface area contributed by atoms with Crippen LogP contribution in [-0.2, 0) is 22.7 Å². The first-order valence-corrected chi connectivity index (χ1v) is 14.4. The van der Waals surface area contributed by atoms with Gasteiger partial charge < -0.3 is 10.4 Å². The van der Waals surface area contributed by atoms with Crippen LogP contribution < -0.4 is 5.32 Å². The third-order valence-corrected chi connectivity index (χ3v) is 9.35. The summed E-state index contributed by atoms with van der Waals surface area (Å²) in [6, 6.07) is 4.60. The maximum Gasteiger partial charge on any atom is 0.280 e. The van der Waals surface area contributed by atoms with Crippen LogP contribution in [0.2, 0.25) is 0 Å². The van der Waals surface area contributed by atoms with Gasteiger partial charge in [0.25, 0.3) is 5.91 Å². The molecule has 2 atom stereocenters. The monoisotopic (exact) mass is 516 g/mol. The number of amides is 1. The van der Waals surface area contributed by atoms with Gasteiger partial charge in [-0.3, -0.25) is 4.79 Å². The second kappa shape index (κ2) is 9.91. The third kappa shape index (κ3) is 5.54. The Morgan fingerprint density at radius 3 is 2.69 bits per heavy atom. The molecule has 1 aliphatic rings. The van der Waals surface area contributed by atoms with E-state index in [1.165, 1.54) is 29.2 Å². The summed E-state index contributed by atoms with van der Waals surface area (Å²) in [5.74, 6) is 0.187. The van der Waals surface area contributed by atoms with Gasteiger partial charge in [0.05, 0.1) is 11.8 Å². The Bertz CT molecular complexity index is 1330. The molecule has 2 N–H and O–H groups in total. The molecular formula is C25H32N4O4S2. The lowest BCUT2D eigenvalue weighted by molar-refractivity contribution is 0.0929. The summed E-state index contributed by atoms with van der Waals surface area (Å²) in [7, 11) is -3.42. The van der Waals surface area contributed by atoms with Gasteiger partial charge in [-0.15, -0.1) is 0 Å². The number of aryl methyl sites for hydroxylation is 1. The molecular weight excluding hydrogens is 484 g/mol. The average Bonchev–Trinajstić information content (AvgIpc) is 3.24. The van der Waals surface area contributed by atoms with E-state index in [1.54, 1.807) is 13.0 Å². The predicted octanol–water partition coefficient (Wildman–Crippen LogP) is 3.88. The highest BCUT2D eigenvalue weighted by Crippen LogP contribution is 2.38. The number of aromatic nitrogens is 3. The highest BCUT2D eigenvalue weighted by Gasteiger charge is 2.30. The van der Waals surface area contributed by atoms with Crippen LogP contribution >= 0.6 is 11.3 Å². The summed E-state index contributed by atoms with van der Waals surface area (Å²) < 4.78 is 24.1. The number of aliphatic hydroxyl groups excluding tert-OH is 1. The van der Waals surface area contributed by atoms with Crippen LogP contribution in [-0.4, -0.2) is 46.7 Å². The number of hydrogen-bond acceptors (Lipinski definition) is 8. The highest BCUT2D eigenvalue weighted by atomic mass is 32.2. The number of nitrogens with one attached hydrogen (secondary N) is 1. The molecule has 0 radical (unpaired) electrons. The molecule has 35 heavy (non-hydrogen) atoms. The van der Waals surface area contributed by atoms with Crippen LogP contribution in [0.4, 0.5) is 0 Å². The lowest BCUT2D eigenvalue weighted by atomic mass is 9.71. The maximum atomic E-state index is 13.1. The lowest BCUT2D eigenvalue weighted by Crippen LogP contribution is -2.29. The SMILES string of the molecule is CCS(=O)(=O)c1ccc(C(CCO)NC(=O)c2nc3cc4c(nc3s2)CC[C@H](C(C)(C)C)C4)cn1. The zero-order chi connectivity index (χ0) is 25.4. The fourth-order valence-corrected chi connectivity index (χ4v) is 6.08. The van der Waals surface area contributed by atoms with E-state index in [4.69, 9.17) is 4.98 Å². The Kier molecular flexibility index (Phi) is 7.26. The van der Waals surface area contributed by atoms with Gasteiger partial charge in [0.1, 0.15) is 10.3 Å². The van der Waals surface area contributed by atoms with E-state index in [2.05, 4.69) is 42.1 Å². The van der Waals surface area contributed by atoms with E-state index < -0.39 is 15.9 Å². The Labute approximate surface area is 210 Å². The minimum absolute atomic E-state index is 0.00672. The summed E-state index contributed by atoms with van der Waals surface area (Å²) in [6.45, 7) is 8.23. The third-order valence-electron chi connectivity index (χ3n) is 6.75. The molecule has 3 heterocycles. The number of carbonyl (C=O) groups is 1. The van der Waals surface area contributed by atoms with Crippen LogP contribution in [0.3, 0.4) is 0 Å². The van der Waals surface area contributed by atoms with E-state index in [-0.39, 0.29) is 35.1 Å². The Morgan fingerprint density at radius 1 is 1.29 bits per heavy atom. The topological polar surface area (TPSA) is 122 Å². The second-order valence-corrected chi connectivity index (χ2v) is 13.3. The number of rotatable bonds is 7. The van der Waals surface area contributed by atoms with E-state index >= 15 is 0 Å². The number of pyridine rings is 2. The second-order valence-electron chi connectivity index (χ2n) is 10.1. The standard InChI is InChI=1S/C25H32N4O4S2/c1-5-35(32,33)21-9-6-15(14-26-21)19(10-11-30)27-22(31)24-29-20-13-16-12-17(25(2,3)4)7-8-18(16)28-23(20)34-24/h6,9,13-14,17,19,30H,5,7-8,10-12H2,1-4H3,(H,27,31)/t17-,19?/m0/s1. The van der Waals surface area contributed by atoms with Crippen LogP contribution in [0.25, 0.3) is 10.3 Å². The smallest absolute Gasteiger partial charge is 0.280 e. The Hall–Kier alpha value is -2.43. The van der Waals surface area contributed by atoms with E-state index in [0.717, 1.165) is 35.3 Å². The number of fused-ring (bicyclic) bond motifs is 2. The van der Waals surface area contributed by atoms with Gasteiger partial charge in [-0.25, -0.2) is 23.4 Å². The zero-order valence-corrected chi connectivity index (χ0v) is 22.2. The van der Waals surface area contributed by atoms with Crippen molar-refractivity contribution in [3.8, 4) is 0 Å². The molecule has 3 aromatic rings. The molecule has 8 nitrogen and oxygen atoms in total. The first kappa shape index (κ1) is 25.7. The van der Waals surface area contributed by atoms with Crippen LogP contribution in [0.1, 0.15) is 73.2 Å². The van der Waals surface area contributed by atoms with Crippen molar-refractivity contribution in [2.45, 2.75) is 64.4 Å². The number of aliphatic hydroxyl groups is 1. The minimum Gasteiger partial charge on any atom is -0.396 e. The number of hydrogen-bond donors (Lipinski definition) is 2. The molecule has 0 aromatic carbocycles. The van der Waals surface area contributed by atoms with Gasteiger partial charge in [-0.2, -0.15) is 0 Å². The van der Waals surface area contributed by atoms with Gasteiger partial charge in [-0.05, 0) is 60.3 Å². The first-order chi connectivity index (χ1) is 16.5. The van der Waals surface area contributed by atoms with Crippen molar-refractivity contribution in [3.05, 3.63) is 46.2 Å². The van der Waals surface area contributed by atoms with Gasteiger partial charge in [0.15, 0.2) is 19.9 Å². The molecule has 0 spiro atoms. The van der Waals surface area contributed by atoms with Crippen molar-refractivity contribution in [2.24, 2.45) is 11.3 Å². The lowest BCUT2D eigenvalue weighted by Gasteiger charge is -2.34. The molecule has 1 amide bonds. The summed E-state index contributed by atoms with van der Waals surface area (Å²) in [5.41, 5.74) is 3.88. The molecule has 0 saturated carbocycles. The number of nitrogens with zero attached hydrogens (tertiary/aromatic N) is 3. The fraction of sp³-hybridized carbons (Fsp3) is 0.520. The largest absolute Gasteiger partial charge is 0.396 e. The molecule has 4 rings (SSSR count). The molecule has 0 aliphatic heterocycles. The van der Waals surface area contributed by atoms with Crippen molar-refractivity contribution in [1.29, 1.82) is 0 Å². The highest BCUT2D eigenvalue weighted by molar-refractivity contribution is 7.91. The van der Waals surface area contributed by atoms with E-state index in [9.17, 15) is 18.3 Å². The van der Waals surface area contributed by atoms with Gasteiger partial charge >= 0.3 is 0 Å². The molecule has 1 unspecified atom stereocenters. The molecule has 188 valence electrons. The molecule has 0 bridgehead atoms. The first-order valence-electron chi connectivity index (χ1n) is 11.9. The molecule has 3 aromatic heterocycles. The van der Waals surface area contributed by atoms with Crippen molar-refractivity contribution in [2.75, 3.05) is 12.4 Å². The Balaban J connectivity index is 1.55. The van der Waals surface area contributed by atoms with E-state index in [0.29, 0.717) is 16.5 Å².